The van der Waals surface area contributed by atoms with Gasteiger partial charge >= 0.3 is 0 Å². The van der Waals surface area contributed by atoms with Gasteiger partial charge in [-0.3, -0.25) is 9.48 Å². The summed E-state index contributed by atoms with van der Waals surface area (Å²) in [7, 11) is 1.60. The van der Waals surface area contributed by atoms with Crippen molar-refractivity contribution in [3.05, 3.63) is 35.0 Å². The standard InChI is InChI=1S/C21H31N7O/c1-14-15(2)25-19(21(29)22-3)26-20(14)27-11-9-16(13-27)23-12-18-8-10-24-28(18)17-6-4-5-7-17/h8,10,16-17,23H,4-7,9,11-13H2,1-3H3,(H,22,29)/t16-/m1/s1. The van der Waals surface area contributed by atoms with Crippen LogP contribution in [0.3, 0.4) is 0 Å². The Labute approximate surface area is 172 Å². The van der Waals surface area contributed by atoms with Crippen LogP contribution < -0.4 is 15.5 Å². The summed E-state index contributed by atoms with van der Waals surface area (Å²) in [5, 5.41) is 10.9. The van der Waals surface area contributed by atoms with Crippen molar-refractivity contribution in [2.75, 3.05) is 25.0 Å². The van der Waals surface area contributed by atoms with Gasteiger partial charge < -0.3 is 15.5 Å². The fourth-order valence-electron chi connectivity index (χ4n) is 4.46. The minimum Gasteiger partial charge on any atom is -0.355 e. The number of hydrogen-bond acceptors (Lipinski definition) is 6. The number of nitrogens with zero attached hydrogens (tertiary/aromatic N) is 5. The molecule has 8 heteroatoms. The lowest BCUT2D eigenvalue weighted by molar-refractivity contribution is 0.0952. The fourth-order valence-corrected chi connectivity index (χ4v) is 4.46. The molecule has 1 saturated heterocycles. The van der Waals surface area contributed by atoms with Crippen LogP contribution in [0.4, 0.5) is 5.82 Å². The lowest BCUT2D eigenvalue weighted by Crippen LogP contribution is -2.34. The van der Waals surface area contributed by atoms with Gasteiger partial charge in [-0.15, -0.1) is 0 Å². The highest BCUT2D eigenvalue weighted by molar-refractivity contribution is 5.90. The average molecular weight is 398 g/mol. The minimum absolute atomic E-state index is 0.238. The van der Waals surface area contributed by atoms with Crippen molar-refractivity contribution in [1.82, 2.24) is 30.4 Å². The van der Waals surface area contributed by atoms with Crippen molar-refractivity contribution in [3.8, 4) is 0 Å². The molecule has 4 rings (SSSR count). The Balaban J connectivity index is 1.41. The van der Waals surface area contributed by atoms with E-state index < -0.39 is 0 Å². The van der Waals surface area contributed by atoms with Crippen LogP contribution in [0.25, 0.3) is 0 Å². The van der Waals surface area contributed by atoms with E-state index in [4.69, 9.17) is 0 Å². The zero-order valence-electron chi connectivity index (χ0n) is 17.6. The highest BCUT2D eigenvalue weighted by Crippen LogP contribution is 2.30. The van der Waals surface area contributed by atoms with Crippen LogP contribution in [0.2, 0.25) is 0 Å². The van der Waals surface area contributed by atoms with Gasteiger partial charge in [0.2, 0.25) is 5.82 Å². The summed E-state index contributed by atoms with van der Waals surface area (Å²) in [6.07, 6.45) is 8.08. The third-order valence-corrected chi connectivity index (χ3v) is 6.28. The second kappa shape index (κ2) is 8.49. The molecule has 1 amide bonds. The Morgan fingerprint density at radius 3 is 2.76 bits per heavy atom. The molecule has 0 bridgehead atoms. The first-order valence-corrected chi connectivity index (χ1v) is 10.6. The Morgan fingerprint density at radius 1 is 1.21 bits per heavy atom. The van der Waals surface area contributed by atoms with Gasteiger partial charge in [0.1, 0.15) is 5.82 Å². The van der Waals surface area contributed by atoms with Crippen molar-refractivity contribution in [2.45, 2.75) is 64.6 Å². The molecule has 0 aromatic carbocycles. The van der Waals surface area contributed by atoms with E-state index in [0.29, 0.717) is 12.1 Å². The molecule has 156 valence electrons. The molecule has 2 aromatic rings. The summed E-state index contributed by atoms with van der Waals surface area (Å²) < 4.78 is 2.22. The van der Waals surface area contributed by atoms with Crippen LogP contribution in [-0.4, -0.2) is 51.8 Å². The van der Waals surface area contributed by atoms with E-state index in [0.717, 1.165) is 43.1 Å². The van der Waals surface area contributed by atoms with Crippen molar-refractivity contribution >= 4 is 11.7 Å². The van der Waals surface area contributed by atoms with E-state index in [2.05, 4.69) is 41.3 Å². The van der Waals surface area contributed by atoms with E-state index in [9.17, 15) is 4.79 Å². The van der Waals surface area contributed by atoms with Gasteiger partial charge in [-0.2, -0.15) is 5.10 Å². The van der Waals surface area contributed by atoms with Gasteiger partial charge in [-0.25, -0.2) is 9.97 Å². The molecule has 0 spiro atoms. The number of amides is 1. The van der Waals surface area contributed by atoms with Crippen LogP contribution in [-0.2, 0) is 6.54 Å². The van der Waals surface area contributed by atoms with Crippen molar-refractivity contribution in [1.29, 1.82) is 0 Å². The Bertz CT molecular complexity index is 872. The minimum atomic E-state index is -0.247. The maximum atomic E-state index is 12.0. The predicted octanol–water partition coefficient (Wildman–Crippen LogP) is 2.13. The molecule has 1 aliphatic heterocycles. The van der Waals surface area contributed by atoms with Gasteiger partial charge in [-0.05, 0) is 39.2 Å². The highest BCUT2D eigenvalue weighted by atomic mass is 16.2. The Hall–Kier alpha value is -2.48. The van der Waals surface area contributed by atoms with E-state index >= 15 is 0 Å². The molecular weight excluding hydrogens is 366 g/mol. The van der Waals surface area contributed by atoms with Crippen LogP contribution in [0.15, 0.2) is 12.3 Å². The van der Waals surface area contributed by atoms with E-state index in [-0.39, 0.29) is 11.7 Å². The van der Waals surface area contributed by atoms with Gasteiger partial charge in [-0.1, -0.05) is 12.8 Å². The number of anilines is 1. The summed E-state index contributed by atoms with van der Waals surface area (Å²) >= 11 is 0. The first kappa shape index (κ1) is 19.8. The molecule has 0 unspecified atom stereocenters. The number of carbonyl (C=O) groups excluding carboxylic acids is 1. The zero-order chi connectivity index (χ0) is 20.4. The van der Waals surface area contributed by atoms with E-state index in [1.165, 1.54) is 31.4 Å². The molecule has 2 fully saturated rings. The van der Waals surface area contributed by atoms with E-state index in [1.807, 2.05) is 20.0 Å². The second-order valence-corrected chi connectivity index (χ2v) is 8.18. The molecule has 2 aliphatic rings. The summed E-state index contributed by atoms with van der Waals surface area (Å²) in [4.78, 5) is 23.2. The first-order valence-electron chi connectivity index (χ1n) is 10.6. The molecule has 2 aromatic heterocycles. The van der Waals surface area contributed by atoms with Crippen LogP contribution >= 0.6 is 0 Å². The number of nitrogens with one attached hydrogen (secondary N) is 2. The van der Waals surface area contributed by atoms with Gasteiger partial charge in [0.05, 0.1) is 11.7 Å². The topological polar surface area (TPSA) is 88.0 Å². The summed E-state index contributed by atoms with van der Waals surface area (Å²) in [6, 6.07) is 3.09. The quantitative estimate of drug-likeness (QED) is 0.776. The Kier molecular flexibility index (Phi) is 5.80. The number of aryl methyl sites for hydroxylation is 1. The van der Waals surface area contributed by atoms with Crippen LogP contribution in [0.1, 0.15) is 65.7 Å². The smallest absolute Gasteiger partial charge is 0.288 e. The SMILES string of the molecule is CNC(=O)c1nc(C)c(C)c(N2CC[C@@H](NCc3ccnn3C3CCCC3)C2)n1. The fraction of sp³-hybridized carbons (Fsp3) is 0.619. The summed E-state index contributed by atoms with van der Waals surface area (Å²) in [6.45, 7) is 6.59. The number of carbonyl (C=O) groups is 1. The van der Waals surface area contributed by atoms with Crippen LogP contribution in [0, 0.1) is 13.8 Å². The molecule has 8 nitrogen and oxygen atoms in total. The number of aromatic nitrogens is 4. The normalized spacial score (nSPS) is 19.8. The molecule has 1 atom stereocenters. The summed E-state index contributed by atoms with van der Waals surface area (Å²) in [5.41, 5.74) is 3.16. The second-order valence-electron chi connectivity index (χ2n) is 8.18. The third kappa shape index (κ3) is 4.12. The molecule has 29 heavy (non-hydrogen) atoms. The van der Waals surface area contributed by atoms with Crippen LogP contribution in [0.5, 0.6) is 0 Å². The van der Waals surface area contributed by atoms with Crippen molar-refractivity contribution in [2.24, 2.45) is 0 Å². The molecule has 1 saturated carbocycles. The first-order chi connectivity index (χ1) is 14.1. The molecule has 0 radical (unpaired) electrons. The lowest BCUT2D eigenvalue weighted by Gasteiger charge is -2.21. The third-order valence-electron chi connectivity index (χ3n) is 6.28. The monoisotopic (exact) mass is 397 g/mol. The number of rotatable bonds is 6. The highest BCUT2D eigenvalue weighted by Gasteiger charge is 2.27. The predicted molar refractivity (Wildman–Crippen MR) is 112 cm³/mol. The van der Waals surface area contributed by atoms with Crippen molar-refractivity contribution in [3.63, 3.8) is 0 Å². The van der Waals surface area contributed by atoms with Gasteiger partial charge in [0, 0.05) is 50.2 Å². The van der Waals surface area contributed by atoms with Crippen molar-refractivity contribution < 1.29 is 4.79 Å². The van der Waals surface area contributed by atoms with E-state index in [1.54, 1.807) is 7.05 Å². The largest absolute Gasteiger partial charge is 0.355 e. The Morgan fingerprint density at radius 2 is 2.00 bits per heavy atom. The molecule has 3 heterocycles. The zero-order valence-corrected chi connectivity index (χ0v) is 17.6. The van der Waals surface area contributed by atoms with Gasteiger partial charge in [0.15, 0.2) is 0 Å². The summed E-state index contributed by atoms with van der Waals surface area (Å²) in [5.74, 6) is 0.863. The molecular formula is C21H31N7O. The number of hydrogen-bond donors (Lipinski definition) is 2. The maximum Gasteiger partial charge on any atom is 0.288 e. The lowest BCUT2D eigenvalue weighted by atomic mass is 10.2. The maximum absolute atomic E-state index is 12.0. The average Bonchev–Trinajstić information content (AvgIpc) is 3.48. The molecule has 2 N–H and O–H groups in total. The molecule has 1 aliphatic carbocycles. The van der Waals surface area contributed by atoms with Gasteiger partial charge in [0.25, 0.3) is 5.91 Å².